The van der Waals surface area contributed by atoms with Crippen LogP contribution in [0, 0.1) is 11.3 Å². The number of aromatic nitrogens is 2. The molecule has 0 N–H and O–H groups in total. The van der Waals surface area contributed by atoms with Gasteiger partial charge in [0.2, 0.25) is 0 Å². The van der Waals surface area contributed by atoms with E-state index in [9.17, 15) is 0 Å². The smallest absolute Gasteiger partial charge is 0.166 e. The van der Waals surface area contributed by atoms with E-state index in [0.29, 0.717) is 24.6 Å². The zero-order valence-electron chi connectivity index (χ0n) is 10.5. The lowest BCUT2D eigenvalue weighted by Crippen LogP contribution is -2.04. The maximum absolute atomic E-state index is 8.99. The summed E-state index contributed by atoms with van der Waals surface area (Å²) in [4.78, 5) is 8.16. The quantitative estimate of drug-likeness (QED) is 0.765. The molecule has 2 aromatic rings. The lowest BCUT2D eigenvalue weighted by atomic mass is 10.1. The van der Waals surface area contributed by atoms with Crippen molar-refractivity contribution in [3.05, 3.63) is 42.4 Å². The number of methoxy groups -OCH3 is 1. The van der Waals surface area contributed by atoms with Gasteiger partial charge in [-0.05, 0) is 24.3 Å². The van der Waals surface area contributed by atoms with Gasteiger partial charge in [0.25, 0.3) is 0 Å². The molecule has 1 aromatic carbocycles. The van der Waals surface area contributed by atoms with Gasteiger partial charge in [-0.3, -0.25) is 4.98 Å². The minimum atomic E-state index is 0.315. The molecule has 19 heavy (non-hydrogen) atoms. The Morgan fingerprint density at radius 2 is 1.84 bits per heavy atom. The Labute approximate surface area is 111 Å². The highest BCUT2D eigenvalue weighted by atomic mass is 16.5. The third-order valence-corrected chi connectivity index (χ3v) is 2.49. The van der Waals surface area contributed by atoms with Gasteiger partial charge in [-0.1, -0.05) is 0 Å². The normalized spacial score (nSPS) is 9.89. The van der Waals surface area contributed by atoms with Gasteiger partial charge in [0.1, 0.15) is 24.1 Å². The summed E-state index contributed by atoms with van der Waals surface area (Å²) in [5, 5.41) is 8.99. The summed E-state index contributed by atoms with van der Waals surface area (Å²) in [5.41, 5.74) is 1.73. The van der Waals surface area contributed by atoms with Crippen LogP contribution in [0.15, 0.2) is 36.7 Å². The first-order valence-electron chi connectivity index (χ1n) is 5.78. The number of ether oxygens (including phenoxy) is 2. The number of benzene rings is 1. The van der Waals surface area contributed by atoms with Gasteiger partial charge >= 0.3 is 0 Å². The maximum atomic E-state index is 8.99. The van der Waals surface area contributed by atoms with Crippen LogP contribution in [0.2, 0.25) is 0 Å². The van der Waals surface area contributed by atoms with Gasteiger partial charge in [0, 0.05) is 25.1 Å². The van der Waals surface area contributed by atoms with E-state index < -0.39 is 0 Å². The van der Waals surface area contributed by atoms with Crippen molar-refractivity contribution in [2.24, 2.45) is 0 Å². The number of rotatable bonds is 5. The minimum absolute atomic E-state index is 0.315. The van der Waals surface area contributed by atoms with Crippen LogP contribution in [0.25, 0.3) is 11.3 Å². The van der Waals surface area contributed by atoms with E-state index >= 15 is 0 Å². The molecule has 0 saturated heterocycles. The fourth-order valence-corrected chi connectivity index (χ4v) is 1.58. The van der Waals surface area contributed by atoms with Crippen molar-refractivity contribution in [2.75, 3.05) is 20.3 Å². The monoisotopic (exact) mass is 255 g/mol. The van der Waals surface area contributed by atoms with Gasteiger partial charge in [0.05, 0.1) is 6.61 Å². The summed E-state index contributed by atoms with van der Waals surface area (Å²) >= 11 is 0. The Balaban J connectivity index is 2.16. The van der Waals surface area contributed by atoms with Gasteiger partial charge < -0.3 is 9.47 Å². The van der Waals surface area contributed by atoms with E-state index in [-0.39, 0.29) is 0 Å². The van der Waals surface area contributed by atoms with Crippen LogP contribution in [0.1, 0.15) is 5.69 Å². The summed E-state index contributed by atoms with van der Waals surface area (Å²) in [7, 11) is 1.63. The first-order valence-corrected chi connectivity index (χ1v) is 5.78. The minimum Gasteiger partial charge on any atom is -0.491 e. The summed E-state index contributed by atoms with van der Waals surface area (Å²) in [6.07, 6.45) is 3.07. The van der Waals surface area contributed by atoms with Gasteiger partial charge in [-0.2, -0.15) is 5.26 Å². The molecular formula is C14H13N3O2. The molecule has 0 unspecified atom stereocenters. The number of hydrogen-bond donors (Lipinski definition) is 0. The maximum Gasteiger partial charge on any atom is 0.166 e. The Hall–Kier alpha value is -2.45. The zero-order chi connectivity index (χ0) is 13.5. The van der Waals surface area contributed by atoms with Crippen LogP contribution in [-0.4, -0.2) is 30.3 Å². The fraction of sp³-hybridized carbons (Fsp3) is 0.214. The fourth-order valence-electron chi connectivity index (χ4n) is 1.58. The highest BCUT2D eigenvalue weighted by Crippen LogP contribution is 2.22. The van der Waals surface area contributed by atoms with E-state index in [1.165, 1.54) is 6.20 Å². The molecule has 0 aliphatic heterocycles. The molecule has 0 fully saturated rings. The molecule has 0 bridgehead atoms. The standard InChI is InChI=1S/C14H13N3O2/c1-18-8-9-19-12-4-2-11(3-5-12)14-13(10-15)16-6-7-17-14/h2-7H,8-9H2,1H3. The summed E-state index contributed by atoms with van der Waals surface area (Å²) in [5.74, 6) is 0.753. The number of nitriles is 1. The van der Waals surface area contributed by atoms with Crippen molar-refractivity contribution in [1.29, 1.82) is 5.26 Å². The van der Waals surface area contributed by atoms with E-state index in [4.69, 9.17) is 14.7 Å². The van der Waals surface area contributed by atoms with Gasteiger partial charge in [-0.15, -0.1) is 0 Å². The molecule has 0 aliphatic carbocycles. The second kappa shape index (κ2) is 6.47. The van der Waals surface area contributed by atoms with Crippen molar-refractivity contribution in [1.82, 2.24) is 9.97 Å². The predicted molar refractivity (Wildman–Crippen MR) is 69.6 cm³/mol. The predicted octanol–water partition coefficient (Wildman–Crippen LogP) is 2.04. The van der Waals surface area contributed by atoms with E-state index in [2.05, 4.69) is 9.97 Å². The number of nitrogens with zero attached hydrogens (tertiary/aromatic N) is 3. The molecule has 1 aromatic heterocycles. The van der Waals surface area contributed by atoms with Gasteiger partial charge in [0.15, 0.2) is 5.69 Å². The zero-order valence-corrected chi connectivity index (χ0v) is 10.5. The van der Waals surface area contributed by atoms with Crippen LogP contribution in [0.3, 0.4) is 0 Å². The first-order chi connectivity index (χ1) is 9.35. The van der Waals surface area contributed by atoms with Crippen molar-refractivity contribution in [2.45, 2.75) is 0 Å². The molecule has 0 amide bonds. The van der Waals surface area contributed by atoms with Crippen LogP contribution < -0.4 is 4.74 Å². The van der Waals surface area contributed by atoms with E-state index in [1.54, 1.807) is 13.3 Å². The van der Waals surface area contributed by atoms with Crippen molar-refractivity contribution >= 4 is 0 Å². The molecule has 5 heteroatoms. The lowest BCUT2D eigenvalue weighted by Gasteiger charge is -2.06. The third-order valence-electron chi connectivity index (χ3n) is 2.49. The Kier molecular flexibility index (Phi) is 4.43. The highest BCUT2D eigenvalue weighted by Gasteiger charge is 2.07. The average Bonchev–Trinajstić information content (AvgIpc) is 2.48. The molecule has 0 aliphatic rings. The van der Waals surface area contributed by atoms with Crippen LogP contribution in [0.4, 0.5) is 0 Å². The molecule has 0 saturated carbocycles. The Bertz CT molecular complexity index is 576. The van der Waals surface area contributed by atoms with E-state index in [1.807, 2.05) is 30.3 Å². The second-order valence-corrected chi connectivity index (χ2v) is 3.73. The third kappa shape index (κ3) is 3.27. The Morgan fingerprint density at radius 1 is 1.11 bits per heavy atom. The van der Waals surface area contributed by atoms with E-state index in [0.717, 1.165) is 11.3 Å². The van der Waals surface area contributed by atoms with Crippen LogP contribution in [0.5, 0.6) is 5.75 Å². The average molecular weight is 255 g/mol. The molecule has 0 spiro atoms. The van der Waals surface area contributed by atoms with Crippen molar-refractivity contribution in [3.8, 4) is 23.1 Å². The summed E-state index contributed by atoms with van der Waals surface area (Å²) in [6, 6.07) is 9.41. The van der Waals surface area contributed by atoms with Crippen LogP contribution in [-0.2, 0) is 4.74 Å². The van der Waals surface area contributed by atoms with Gasteiger partial charge in [-0.25, -0.2) is 4.98 Å². The summed E-state index contributed by atoms with van der Waals surface area (Å²) < 4.78 is 10.4. The molecule has 1 heterocycles. The highest BCUT2D eigenvalue weighted by molar-refractivity contribution is 5.64. The van der Waals surface area contributed by atoms with Crippen molar-refractivity contribution < 1.29 is 9.47 Å². The largest absolute Gasteiger partial charge is 0.491 e. The number of hydrogen-bond acceptors (Lipinski definition) is 5. The van der Waals surface area contributed by atoms with Crippen molar-refractivity contribution in [3.63, 3.8) is 0 Å². The first kappa shape index (κ1) is 13.0. The molecule has 2 rings (SSSR count). The molecule has 0 atom stereocenters. The molecule has 0 radical (unpaired) electrons. The topological polar surface area (TPSA) is 68.0 Å². The summed E-state index contributed by atoms with van der Waals surface area (Å²) in [6.45, 7) is 1.05. The molecule has 96 valence electrons. The SMILES string of the molecule is COCCOc1ccc(-c2nccnc2C#N)cc1. The second-order valence-electron chi connectivity index (χ2n) is 3.73. The van der Waals surface area contributed by atoms with Crippen LogP contribution >= 0.6 is 0 Å². The Morgan fingerprint density at radius 3 is 2.53 bits per heavy atom. The lowest BCUT2D eigenvalue weighted by molar-refractivity contribution is 0.146. The molecular weight excluding hydrogens is 242 g/mol. The molecule has 5 nitrogen and oxygen atoms in total.